The van der Waals surface area contributed by atoms with Crippen LogP contribution in [0, 0.1) is 6.92 Å². The number of carbonyl (C=O) groups is 2. The van der Waals surface area contributed by atoms with Crippen molar-refractivity contribution in [2.75, 3.05) is 17.7 Å². The fourth-order valence-electron chi connectivity index (χ4n) is 2.25. The Hall–Kier alpha value is -2.53. The molecule has 0 unspecified atom stereocenters. The average Bonchev–Trinajstić information content (AvgIpc) is 2.46. The molecule has 6 heteroatoms. The summed E-state index contributed by atoms with van der Waals surface area (Å²) in [4.78, 5) is 23.6. The fourth-order valence-corrected chi connectivity index (χ4v) is 2.52. The van der Waals surface area contributed by atoms with Crippen LogP contribution in [0.3, 0.4) is 0 Å². The average molecular weight is 333 g/mol. The summed E-state index contributed by atoms with van der Waals surface area (Å²) in [6.45, 7) is 3.24. The number of ether oxygens (including phenoxy) is 1. The second-order valence-electron chi connectivity index (χ2n) is 5.02. The summed E-state index contributed by atoms with van der Waals surface area (Å²) in [5, 5.41) is 5.89. The van der Waals surface area contributed by atoms with E-state index in [4.69, 9.17) is 16.3 Å². The zero-order valence-electron chi connectivity index (χ0n) is 13.1. The van der Waals surface area contributed by atoms with E-state index in [1.165, 1.54) is 14.0 Å². The normalized spacial score (nSPS) is 10.1. The van der Waals surface area contributed by atoms with Gasteiger partial charge in [0.2, 0.25) is 5.91 Å². The van der Waals surface area contributed by atoms with E-state index in [-0.39, 0.29) is 11.8 Å². The van der Waals surface area contributed by atoms with E-state index in [0.29, 0.717) is 27.7 Å². The zero-order valence-corrected chi connectivity index (χ0v) is 13.8. The molecule has 2 amide bonds. The van der Waals surface area contributed by atoms with Gasteiger partial charge in [0.05, 0.1) is 12.7 Å². The van der Waals surface area contributed by atoms with Gasteiger partial charge in [-0.2, -0.15) is 0 Å². The monoisotopic (exact) mass is 332 g/mol. The maximum Gasteiger partial charge on any atom is 0.259 e. The van der Waals surface area contributed by atoms with Crippen LogP contribution < -0.4 is 15.4 Å². The molecule has 0 fully saturated rings. The largest absolute Gasteiger partial charge is 0.496 e. The summed E-state index contributed by atoms with van der Waals surface area (Å²) in [7, 11) is 1.50. The van der Waals surface area contributed by atoms with Crippen molar-refractivity contribution in [2.24, 2.45) is 0 Å². The number of rotatable bonds is 4. The summed E-state index contributed by atoms with van der Waals surface area (Å²) in [5.41, 5.74) is 2.28. The molecule has 0 heterocycles. The fraction of sp³-hybridized carbons (Fsp3) is 0.176. The molecule has 0 aliphatic carbocycles. The maximum absolute atomic E-state index is 12.5. The van der Waals surface area contributed by atoms with Gasteiger partial charge in [0.15, 0.2) is 0 Å². The summed E-state index contributed by atoms with van der Waals surface area (Å²) in [6, 6.07) is 10.2. The molecular formula is C17H17ClN2O3. The zero-order chi connectivity index (χ0) is 17.0. The van der Waals surface area contributed by atoms with Gasteiger partial charge in [-0.05, 0) is 42.8 Å². The molecule has 2 rings (SSSR count). The lowest BCUT2D eigenvalue weighted by molar-refractivity contribution is -0.114. The molecule has 0 spiro atoms. The highest BCUT2D eigenvalue weighted by Gasteiger charge is 2.16. The second kappa shape index (κ2) is 7.15. The number of hydrogen-bond acceptors (Lipinski definition) is 3. The van der Waals surface area contributed by atoms with E-state index < -0.39 is 0 Å². The number of carbonyl (C=O) groups excluding carboxylic acids is 2. The molecule has 23 heavy (non-hydrogen) atoms. The van der Waals surface area contributed by atoms with Crippen LogP contribution >= 0.6 is 11.6 Å². The number of anilines is 2. The summed E-state index contributed by atoms with van der Waals surface area (Å²) < 4.78 is 5.29. The Balaban J connectivity index is 2.28. The maximum atomic E-state index is 12.5. The molecule has 120 valence electrons. The Kier molecular flexibility index (Phi) is 5.24. The number of nitrogens with one attached hydrogen (secondary N) is 2. The van der Waals surface area contributed by atoms with Crippen molar-refractivity contribution in [2.45, 2.75) is 13.8 Å². The van der Waals surface area contributed by atoms with E-state index in [1.54, 1.807) is 36.4 Å². The first-order valence-electron chi connectivity index (χ1n) is 6.94. The number of benzene rings is 2. The molecule has 2 aromatic carbocycles. The van der Waals surface area contributed by atoms with E-state index >= 15 is 0 Å². The minimum Gasteiger partial charge on any atom is -0.496 e. The van der Waals surface area contributed by atoms with E-state index in [0.717, 1.165) is 5.56 Å². The van der Waals surface area contributed by atoms with Crippen molar-refractivity contribution in [1.82, 2.24) is 0 Å². The van der Waals surface area contributed by atoms with Gasteiger partial charge < -0.3 is 15.4 Å². The quantitative estimate of drug-likeness (QED) is 0.893. The Morgan fingerprint density at radius 1 is 1.09 bits per heavy atom. The lowest BCUT2D eigenvalue weighted by Gasteiger charge is -2.13. The van der Waals surface area contributed by atoms with Crippen LogP contribution in [-0.4, -0.2) is 18.9 Å². The highest BCUT2D eigenvalue weighted by atomic mass is 35.5. The Morgan fingerprint density at radius 3 is 2.35 bits per heavy atom. The highest BCUT2D eigenvalue weighted by Crippen LogP contribution is 2.28. The van der Waals surface area contributed by atoms with Crippen molar-refractivity contribution in [1.29, 1.82) is 0 Å². The number of halogens is 1. The van der Waals surface area contributed by atoms with Crippen LogP contribution in [0.2, 0.25) is 5.02 Å². The van der Waals surface area contributed by atoms with Crippen molar-refractivity contribution in [3.8, 4) is 5.75 Å². The molecule has 0 aliphatic rings. The topological polar surface area (TPSA) is 67.4 Å². The van der Waals surface area contributed by atoms with E-state index in [2.05, 4.69) is 10.6 Å². The predicted molar refractivity (Wildman–Crippen MR) is 91.4 cm³/mol. The number of methoxy groups -OCH3 is 1. The van der Waals surface area contributed by atoms with Gasteiger partial charge in [-0.15, -0.1) is 0 Å². The van der Waals surface area contributed by atoms with Crippen molar-refractivity contribution in [3.63, 3.8) is 0 Å². The van der Waals surface area contributed by atoms with Crippen LogP contribution in [-0.2, 0) is 4.79 Å². The Morgan fingerprint density at radius 2 is 1.74 bits per heavy atom. The first kappa shape index (κ1) is 16.8. The van der Waals surface area contributed by atoms with Crippen LogP contribution in [0.25, 0.3) is 0 Å². The molecule has 2 N–H and O–H groups in total. The van der Waals surface area contributed by atoms with Crippen molar-refractivity contribution in [3.05, 3.63) is 52.5 Å². The first-order valence-corrected chi connectivity index (χ1v) is 7.31. The third-order valence-electron chi connectivity index (χ3n) is 3.13. The van der Waals surface area contributed by atoms with Gasteiger partial charge in [-0.25, -0.2) is 0 Å². The first-order chi connectivity index (χ1) is 10.9. The number of hydrogen-bond donors (Lipinski definition) is 2. The van der Waals surface area contributed by atoms with Crippen LogP contribution in [0.4, 0.5) is 11.4 Å². The van der Waals surface area contributed by atoms with Crippen LogP contribution in [0.1, 0.15) is 22.8 Å². The van der Waals surface area contributed by atoms with Gasteiger partial charge in [-0.1, -0.05) is 17.7 Å². The van der Waals surface area contributed by atoms with Gasteiger partial charge in [0.25, 0.3) is 5.91 Å². The number of aryl methyl sites for hydroxylation is 1. The molecule has 5 nitrogen and oxygen atoms in total. The van der Waals surface area contributed by atoms with Gasteiger partial charge in [0, 0.05) is 23.3 Å². The SMILES string of the molecule is COc1c(C)cc(Cl)cc1C(=O)Nc1cccc(NC(C)=O)c1. The summed E-state index contributed by atoms with van der Waals surface area (Å²) >= 11 is 6.03. The number of amides is 2. The van der Waals surface area contributed by atoms with Gasteiger partial charge in [0.1, 0.15) is 5.75 Å². The lowest BCUT2D eigenvalue weighted by Crippen LogP contribution is -2.14. The molecule has 0 saturated carbocycles. The third-order valence-corrected chi connectivity index (χ3v) is 3.35. The minimum atomic E-state index is -0.340. The Labute approximate surface area is 139 Å². The lowest BCUT2D eigenvalue weighted by atomic mass is 10.1. The molecular weight excluding hydrogens is 316 g/mol. The minimum absolute atomic E-state index is 0.180. The van der Waals surface area contributed by atoms with Gasteiger partial charge in [-0.3, -0.25) is 9.59 Å². The molecule has 0 atom stereocenters. The van der Waals surface area contributed by atoms with E-state index in [9.17, 15) is 9.59 Å². The standard InChI is InChI=1S/C17H17ClN2O3/c1-10-7-12(18)8-15(16(10)23-3)17(22)20-14-6-4-5-13(9-14)19-11(2)21/h4-9H,1-3H3,(H,19,21)(H,20,22). The second-order valence-corrected chi connectivity index (χ2v) is 5.46. The van der Waals surface area contributed by atoms with Crippen molar-refractivity contribution >= 4 is 34.8 Å². The molecule has 0 saturated heterocycles. The molecule has 0 radical (unpaired) electrons. The third kappa shape index (κ3) is 4.23. The highest BCUT2D eigenvalue weighted by molar-refractivity contribution is 6.31. The summed E-state index contributed by atoms with van der Waals surface area (Å²) in [6.07, 6.45) is 0. The smallest absolute Gasteiger partial charge is 0.259 e. The molecule has 2 aromatic rings. The molecule has 0 aliphatic heterocycles. The Bertz CT molecular complexity index is 759. The molecule has 0 aromatic heterocycles. The van der Waals surface area contributed by atoms with Gasteiger partial charge >= 0.3 is 0 Å². The molecule has 0 bridgehead atoms. The predicted octanol–water partition coefficient (Wildman–Crippen LogP) is 3.87. The van der Waals surface area contributed by atoms with Crippen molar-refractivity contribution < 1.29 is 14.3 Å². The van der Waals surface area contributed by atoms with E-state index in [1.807, 2.05) is 6.92 Å². The van der Waals surface area contributed by atoms with Crippen LogP contribution in [0.5, 0.6) is 5.75 Å². The summed E-state index contributed by atoms with van der Waals surface area (Å²) in [5.74, 6) is -0.0436. The van der Waals surface area contributed by atoms with Crippen LogP contribution in [0.15, 0.2) is 36.4 Å².